The number of benzene rings is 1. The predicted octanol–water partition coefficient (Wildman–Crippen LogP) is 5.11. The molecule has 2 fully saturated rings. The summed E-state index contributed by atoms with van der Waals surface area (Å²) in [5, 5.41) is 21.5. The van der Waals surface area contributed by atoms with Crippen LogP contribution in [0.3, 0.4) is 0 Å². The molecule has 1 aromatic rings. The summed E-state index contributed by atoms with van der Waals surface area (Å²) >= 11 is 0. The number of aliphatic hydroxyl groups is 1. The summed E-state index contributed by atoms with van der Waals surface area (Å²) in [4.78, 5) is 23.0. The second kappa shape index (κ2) is 16.1. The van der Waals surface area contributed by atoms with Crippen molar-refractivity contribution < 1.29 is 29.0 Å². The number of ether oxygens (including phenoxy) is 1. The van der Waals surface area contributed by atoms with Crippen LogP contribution in [0.15, 0.2) is 30.3 Å². The van der Waals surface area contributed by atoms with Crippen molar-refractivity contribution in [2.75, 3.05) is 27.2 Å². The fourth-order valence-electron chi connectivity index (χ4n) is 5.70. The average Bonchev–Trinajstić information content (AvgIpc) is 3.53. The van der Waals surface area contributed by atoms with E-state index in [1.165, 1.54) is 44.9 Å². The maximum atomic E-state index is 12.9. The summed E-state index contributed by atoms with van der Waals surface area (Å²) in [6, 6.07) is 9.33. The molecule has 210 valence electrons. The first kappa shape index (κ1) is 31.3. The third kappa shape index (κ3) is 10.8. The number of unbranched alkanes of at least 4 members (excludes halogenated alkanes) is 8. The maximum absolute atomic E-state index is 12.9. The Morgan fingerprint density at radius 3 is 2.03 bits per heavy atom. The van der Waals surface area contributed by atoms with Crippen LogP contribution in [-0.2, 0) is 19.9 Å². The van der Waals surface area contributed by atoms with Gasteiger partial charge in [-0.3, -0.25) is 0 Å². The van der Waals surface area contributed by atoms with E-state index in [9.17, 15) is 19.8 Å². The fourth-order valence-corrected chi connectivity index (χ4v) is 5.70. The first-order chi connectivity index (χ1) is 17.7. The first-order valence-corrected chi connectivity index (χ1v) is 14.7. The van der Waals surface area contributed by atoms with E-state index < -0.39 is 17.5 Å². The highest BCUT2D eigenvalue weighted by atomic mass is 16.6. The Bertz CT molecular complexity index is 790. The Balaban J connectivity index is 0.000000298. The number of carboxylic acid groups (broad SMARTS) is 1. The van der Waals surface area contributed by atoms with Crippen molar-refractivity contribution in [3.63, 3.8) is 0 Å². The molecule has 1 aromatic carbocycles. The van der Waals surface area contributed by atoms with Crippen LogP contribution >= 0.6 is 0 Å². The number of carboxylic acids is 1. The first-order valence-electron chi connectivity index (χ1n) is 14.7. The van der Waals surface area contributed by atoms with Gasteiger partial charge in [-0.05, 0) is 31.2 Å². The molecule has 1 saturated heterocycles. The number of carbonyl (C=O) groups is 2. The minimum absolute atomic E-state index is 0.0405. The van der Waals surface area contributed by atoms with E-state index in [1.54, 1.807) is 0 Å². The molecular formula is C31H51NO5. The molecule has 2 unspecified atom stereocenters. The van der Waals surface area contributed by atoms with Gasteiger partial charge < -0.3 is 24.2 Å². The smallest absolute Gasteiger partial charge is 0.343 e. The highest BCUT2D eigenvalue weighted by Gasteiger charge is 2.49. The van der Waals surface area contributed by atoms with E-state index in [1.807, 2.05) is 30.3 Å². The number of quaternary nitrogens is 1. The Morgan fingerprint density at radius 1 is 0.946 bits per heavy atom. The highest BCUT2D eigenvalue weighted by Crippen LogP contribution is 2.42. The number of likely N-dealkylation sites (N-methyl/N-ethyl adjacent to an activating group) is 1. The average molecular weight is 518 g/mol. The van der Waals surface area contributed by atoms with Gasteiger partial charge in [0.1, 0.15) is 6.54 Å². The normalized spacial score (nSPS) is 20.6. The van der Waals surface area contributed by atoms with Gasteiger partial charge in [0.2, 0.25) is 0 Å². The van der Waals surface area contributed by atoms with E-state index in [0.29, 0.717) is 5.56 Å². The van der Waals surface area contributed by atoms with Crippen molar-refractivity contribution in [3.8, 4) is 0 Å². The molecule has 6 nitrogen and oxygen atoms in total. The van der Waals surface area contributed by atoms with Gasteiger partial charge >= 0.3 is 5.97 Å². The Kier molecular flexibility index (Phi) is 13.6. The lowest BCUT2D eigenvalue weighted by Crippen LogP contribution is -2.46. The number of nitrogens with zero attached hydrogens (tertiary/aromatic N) is 1. The molecule has 0 radical (unpaired) electrons. The van der Waals surface area contributed by atoms with Crippen molar-refractivity contribution in [1.29, 1.82) is 0 Å². The molecule has 1 heterocycles. The van der Waals surface area contributed by atoms with Gasteiger partial charge in [-0.2, -0.15) is 0 Å². The van der Waals surface area contributed by atoms with Crippen molar-refractivity contribution in [1.82, 2.24) is 0 Å². The van der Waals surface area contributed by atoms with Crippen molar-refractivity contribution >= 4 is 11.9 Å². The van der Waals surface area contributed by atoms with Gasteiger partial charge in [0.05, 0.1) is 20.6 Å². The molecule has 0 bridgehead atoms. The Labute approximate surface area is 225 Å². The molecule has 2 aliphatic rings. The van der Waals surface area contributed by atoms with Crippen molar-refractivity contribution in [3.05, 3.63) is 35.9 Å². The highest BCUT2D eigenvalue weighted by molar-refractivity contribution is 5.81. The van der Waals surface area contributed by atoms with E-state index in [4.69, 9.17) is 4.74 Å². The quantitative estimate of drug-likeness (QED) is 0.210. The van der Waals surface area contributed by atoms with Gasteiger partial charge in [-0.25, -0.2) is 4.79 Å². The summed E-state index contributed by atoms with van der Waals surface area (Å²) in [6.07, 6.45) is 15.8. The van der Waals surface area contributed by atoms with Crippen molar-refractivity contribution in [2.45, 2.75) is 115 Å². The number of esters is 1. The third-order valence-corrected chi connectivity index (χ3v) is 7.98. The third-order valence-electron chi connectivity index (χ3n) is 7.98. The van der Waals surface area contributed by atoms with Gasteiger partial charge in [-0.15, -0.1) is 0 Å². The van der Waals surface area contributed by atoms with Gasteiger partial charge in [0.15, 0.2) is 11.7 Å². The molecule has 1 aliphatic heterocycles. The summed E-state index contributed by atoms with van der Waals surface area (Å²) < 4.78 is 6.64. The zero-order valence-corrected chi connectivity index (χ0v) is 23.6. The van der Waals surface area contributed by atoms with Crippen LogP contribution < -0.4 is 5.11 Å². The van der Waals surface area contributed by atoms with Crippen LogP contribution in [-0.4, -0.2) is 54.8 Å². The fraction of sp³-hybridized carbons (Fsp3) is 0.742. The van der Waals surface area contributed by atoms with Gasteiger partial charge in [-0.1, -0.05) is 101 Å². The lowest BCUT2D eigenvalue weighted by atomic mass is 9.80. The summed E-state index contributed by atoms with van der Waals surface area (Å²) in [6.45, 7) is 4.05. The molecule has 1 N–H and O–H groups in total. The molecule has 3 rings (SSSR count). The van der Waals surface area contributed by atoms with Crippen LogP contribution in [0.4, 0.5) is 0 Å². The zero-order chi connectivity index (χ0) is 27.2. The molecule has 6 heteroatoms. The molecule has 0 spiro atoms. The lowest BCUT2D eigenvalue weighted by Gasteiger charge is -2.33. The van der Waals surface area contributed by atoms with Crippen molar-refractivity contribution in [2.24, 2.45) is 5.92 Å². The van der Waals surface area contributed by atoms with Crippen LogP contribution in [0, 0.1) is 5.92 Å². The lowest BCUT2D eigenvalue weighted by molar-refractivity contribution is -0.879. The second-order valence-electron chi connectivity index (χ2n) is 11.7. The molecule has 1 saturated carbocycles. The van der Waals surface area contributed by atoms with Crippen LogP contribution in [0.25, 0.3) is 0 Å². The number of rotatable bonds is 14. The van der Waals surface area contributed by atoms with Gasteiger partial charge in [0.25, 0.3) is 0 Å². The van der Waals surface area contributed by atoms with E-state index in [0.717, 1.165) is 62.5 Å². The van der Waals surface area contributed by atoms with Crippen LogP contribution in [0.1, 0.15) is 109 Å². The van der Waals surface area contributed by atoms with Crippen LogP contribution in [0.2, 0.25) is 0 Å². The standard InChI is InChI=1S/C19H28NO3.C12H24O2/c1-20(2)13-12-17(14-20)23-18(21)19(22,16-10-6-7-11-16)15-8-4-3-5-9-15;1-2-3-4-5-6-7-8-9-10-11-12(13)14/h3-5,8-9,16-17,22H,6-7,10-14H2,1-2H3;2-11H2,1H3,(H,13,14)/q+1;/p-1. The number of carbonyl (C=O) groups excluding carboxylic acids is 2. The molecular weight excluding hydrogens is 466 g/mol. The molecule has 1 aliphatic carbocycles. The minimum Gasteiger partial charge on any atom is -0.550 e. The number of likely N-dealkylation sites (tertiary alicyclic amines) is 1. The van der Waals surface area contributed by atoms with E-state index >= 15 is 0 Å². The zero-order valence-electron chi connectivity index (χ0n) is 23.6. The van der Waals surface area contributed by atoms with Gasteiger partial charge in [0, 0.05) is 18.3 Å². The molecule has 0 aromatic heterocycles. The number of hydrogen-bond acceptors (Lipinski definition) is 5. The largest absolute Gasteiger partial charge is 0.550 e. The molecule has 0 amide bonds. The Morgan fingerprint density at radius 2 is 1.51 bits per heavy atom. The summed E-state index contributed by atoms with van der Waals surface area (Å²) in [5.74, 6) is -1.41. The molecule has 2 atom stereocenters. The molecule has 37 heavy (non-hydrogen) atoms. The SMILES string of the molecule is CCCCCCCCCCCC(=O)[O-].C[N+]1(C)CCC(OC(=O)C(O)(c2ccccc2)C2CCCC2)C1. The van der Waals surface area contributed by atoms with Crippen LogP contribution in [0.5, 0.6) is 0 Å². The second-order valence-corrected chi connectivity index (χ2v) is 11.7. The summed E-state index contributed by atoms with van der Waals surface area (Å²) in [7, 11) is 4.29. The van der Waals surface area contributed by atoms with E-state index in [2.05, 4.69) is 21.0 Å². The summed E-state index contributed by atoms with van der Waals surface area (Å²) in [5.41, 5.74) is -0.832. The Hall–Kier alpha value is -1.92. The minimum atomic E-state index is -1.50. The van der Waals surface area contributed by atoms with E-state index in [-0.39, 0.29) is 18.4 Å². The topological polar surface area (TPSA) is 86.7 Å². The number of aliphatic carboxylic acids is 1. The predicted molar refractivity (Wildman–Crippen MR) is 145 cm³/mol. The maximum Gasteiger partial charge on any atom is 0.343 e. The monoisotopic (exact) mass is 517 g/mol. The number of hydrogen-bond donors (Lipinski definition) is 1.